The zero-order valence-corrected chi connectivity index (χ0v) is 20.6. The lowest BCUT2D eigenvalue weighted by Crippen LogP contribution is -2.42. The van der Waals surface area contributed by atoms with Crippen LogP contribution in [0.3, 0.4) is 0 Å². The van der Waals surface area contributed by atoms with Gasteiger partial charge in [0.1, 0.15) is 12.1 Å². The predicted molar refractivity (Wildman–Crippen MR) is 132 cm³/mol. The molecule has 182 valence electrons. The number of imide groups is 1. The van der Waals surface area contributed by atoms with E-state index in [0.29, 0.717) is 11.1 Å². The number of rotatable bonds is 6. The van der Waals surface area contributed by atoms with Gasteiger partial charge in [0.25, 0.3) is 5.91 Å². The van der Waals surface area contributed by atoms with Crippen LogP contribution in [0.15, 0.2) is 65.6 Å². The maximum Gasteiger partial charge on any atom is 0.325 e. The Balaban J connectivity index is 1.57. The van der Waals surface area contributed by atoms with Gasteiger partial charge in [-0.05, 0) is 47.9 Å². The van der Waals surface area contributed by atoms with Crippen molar-refractivity contribution in [3.63, 3.8) is 0 Å². The summed E-state index contributed by atoms with van der Waals surface area (Å²) in [4.78, 5) is 39.8. The number of hydrogen-bond acceptors (Lipinski definition) is 5. The van der Waals surface area contributed by atoms with Gasteiger partial charge < -0.3 is 10.6 Å². The van der Waals surface area contributed by atoms with Crippen molar-refractivity contribution >= 4 is 44.3 Å². The largest absolute Gasteiger partial charge is 0.325 e. The molecule has 4 rings (SSSR count). The minimum atomic E-state index is -3.70. The average molecular weight is 495 g/mol. The van der Waals surface area contributed by atoms with Gasteiger partial charge in [-0.25, -0.2) is 17.5 Å². The third kappa shape index (κ3) is 4.26. The van der Waals surface area contributed by atoms with E-state index in [1.807, 2.05) is 36.4 Å². The Morgan fingerprint density at radius 3 is 2.46 bits per heavy atom. The Morgan fingerprint density at radius 1 is 1.06 bits per heavy atom. The molecule has 3 aromatic carbocycles. The minimum absolute atomic E-state index is 0.0157. The predicted octanol–water partition coefficient (Wildman–Crippen LogP) is 2.80. The Kier molecular flexibility index (Phi) is 6.12. The summed E-state index contributed by atoms with van der Waals surface area (Å²) < 4.78 is 26.0. The molecule has 4 amide bonds. The van der Waals surface area contributed by atoms with Crippen LogP contribution in [0.5, 0.6) is 0 Å². The van der Waals surface area contributed by atoms with Crippen LogP contribution in [-0.4, -0.2) is 56.1 Å². The van der Waals surface area contributed by atoms with E-state index in [1.54, 1.807) is 26.0 Å². The zero-order chi connectivity index (χ0) is 25.5. The van der Waals surface area contributed by atoms with Crippen LogP contribution >= 0.6 is 0 Å². The van der Waals surface area contributed by atoms with E-state index in [1.165, 1.54) is 26.2 Å². The molecule has 0 saturated carbocycles. The SMILES string of the molecule is Cc1ccc(S(=O)(=O)N(C)C)cc1NC(=O)CN1C(=O)N[C@](C)(c2cccc3ccccc23)C1=O. The maximum atomic E-state index is 13.4. The number of nitrogens with one attached hydrogen (secondary N) is 2. The molecule has 10 heteroatoms. The standard InChI is InChI=1S/C25H26N4O5S/c1-16-12-13-18(35(33,34)28(3)4)14-21(16)26-22(30)15-29-23(31)25(2,27-24(29)32)20-11-7-9-17-8-5-6-10-19(17)20/h5-14H,15H2,1-4H3,(H,26,30)(H,27,32)/t25-/m1/s1. The minimum Gasteiger partial charge on any atom is -0.324 e. The fourth-order valence-electron chi connectivity index (χ4n) is 4.12. The van der Waals surface area contributed by atoms with E-state index in [4.69, 9.17) is 0 Å². The number of carbonyl (C=O) groups is 3. The summed E-state index contributed by atoms with van der Waals surface area (Å²) in [6.45, 7) is 2.81. The second-order valence-corrected chi connectivity index (χ2v) is 10.9. The van der Waals surface area contributed by atoms with Crippen LogP contribution in [0.2, 0.25) is 0 Å². The molecule has 1 saturated heterocycles. The van der Waals surface area contributed by atoms with Crippen molar-refractivity contribution in [3.8, 4) is 0 Å². The highest BCUT2D eigenvalue weighted by Gasteiger charge is 2.50. The van der Waals surface area contributed by atoms with Crippen molar-refractivity contribution in [1.29, 1.82) is 0 Å². The zero-order valence-electron chi connectivity index (χ0n) is 19.8. The van der Waals surface area contributed by atoms with Crippen LogP contribution in [-0.2, 0) is 25.2 Å². The van der Waals surface area contributed by atoms with Gasteiger partial charge >= 0.3 is 6.03 Å². The first-order chi connectivity index (χ1) is 16.4. The number of sulfonamides is 1. The molecule has 0 spiro atoms. The highest BCUT2D eigenvalue weighted by Crippen LogP contribution is 2.34. The van der Waals surface area contributed by atoms with Crippen molar-refractivity contribution in [2.75, 3.05) is 26.0 Å². The van der Waals surface area contributed by atoms with Gasteiger partial charge in [-0.2, -0.15) is 0 Å². The Bertz CT molecular complexity index is 1460. The highest BCUT2D eigenvalue weighted by atomic mass is 32.2. The molecule has 1 aliphatic rings. The first kappa shape index (κ1) is 24.4. The maximum absolute atomic E-state index is 13.4. The van der Waals surface area contributed by atoms with Gasteiger partial charge in [0.15, 0.2) is 0 Å². The summed E-state index contributed by atoms with van der Waals surface area (Å²) in [6, 6.07) is 16.8. The van der Waals surface area contributed by atoms with Crippen LogP contribution in [0.25, 0.3) is 10.8 Å². The van der Waals surface area contributed by atoms with Gasteiger partial charge in [0.05, 0.1) is 4.90 Å². The van der Waals surface area contributed by atoms with Crippen molar-refractivity contribution in [3.05, 3.63) is 71.8 Å². The third-order valence-corrected chi connectivity index (χ3v) is 7.98. The number of amides is 4. The summed E-state index contributed by atoms with van der Waals surface area (Å²) in [5.74, 6) is -1.17. The van der Waals surface area contributed by atoms with Crippen LogP contribution in [0.1, 0.15) is 18.1 Å². The molecular weight excluding hydrogens is 468 g/mol. The molecule has 0 unspecified atom stereocenters. The molecule has 1 fully saturated rings. The molecule has 9 nitrogen and oxygen atoms in total. The summed E-state index contributed by atoms with van der Waals surface area (Å²) in [5, 5.41) is 7.11. The number of hydrogen-bond donors (Lipinski definition) is 2. The van der Waals surface area contributed by atoms with Gasteiger partial charge in [-0.15, -0.1) is 0 Å². The van der Waals surface area contributed by atoms with E-state index in [9.17, 15) is 22.8 Å². The normalized spacial score (nSPS) is 18.3. The smallest absolute Gasteiger partial charge is 0.324 e. The lowest BCUT2D eigenvalue weighted by atomic mass is 9.88. The molecule has 0 bridgehead atoms. The monoisotopic (exact) mass is 494 g/mol. The van der Waals surface area contributed by atoms with E-state index < -0.39 is 40.0 Å². The molecule has 0 aliphatic carbocycles. The number of aryl methyl sites for hydroxylation is 1. The molecule has 2 N–H and O–H groups in total. The second kappa shape index (κ2) is 8.79. The van der Waals surface area contributed by atoms with Crippen LogP contribution in [0, 0.1) is 6.92 Å². The topological polar surface area (TPSA) is 116 Å². The molecule has 0 aromatic heterocycles. The highest BCUT2D eigenvalue weighted by molar-refractivity contribution is 7.89. The fraction of sp³-hybridized carbons (Fsp3) is 0.240. The number of fused-ring (bicyclic) bond motifs is 1. The average Bonchev–Trinajstić information content (AvgIpc) is 3.03. The molecule has 0 radical (unpaired) electrons. The van der Waals surface area contributed by atoms with Crippen molar-refractivity contribution in [1.82, 2.24) is 14.5 Å². The third-order valence-electron chi connectivity index (χ3n) is 6.17. The molecule has 35 heavy (non-hydrogen) atoms. The van der Waals surface area contributed by atoms with Crippen LogP contribution < -0.4 is 10.6 Å². The lowest BCUT2D eigenvalue weighted by molar-refractivity contribution is -0.133. The molecule has 1 heterocycles. The first-order valence-corrected chi connectivity index (χ1v) is 12.3. The van der Waals surface area contributed by atoms with Gasteiger partial charge in [0, 0.05) is 19.8 Å². The second-order valence-electron chi connectivity index (χ2n) is 8.79. The lowest BCUT2D eigenvalue weighted by Gasteiger charge is -2.24. The summed E-state index contributed by atoms with van der Waals surface area (Å²) >= 11 is 0. The Hall–Kier alpha value is -3.76. The number of anilines is 1. The van der Waals surface area contributed by atoms with Crippen molar-refractivity contribution in [2.45, 2.75) is 24.3 Å². The van der Waals surface area contributed by atoms with Crippen molar-refractivity contribution in [2.24, 2.45) is 0 Å². The molecule has 1 aliphatic heterocycles. The summed E-state index contributed by atoms with van der Waals surface area (Å²) in [7, 11) is -0.873. The number of urea groups is 1. The van der Waals surface area contributed by atoms with Gasteiger partial charge in [-0.1, -0.05) is 48.5 Å². The van der Waals surface area contributed by atoms with Crippen LogP contribution in [0.4, 0.5) is 10.5 Å². The van der Waals surface area contributed by atoms with Gasteiger partial charge in [0.2, 0.25) is 15.9 Å². The fourth-order valence-corrected chi connectivity index (χ4v) is 5.05. The Labute approximate surface area is 203 Å². The summed E-state index contributed by atoms with van der Waals surface area (Å²) in [5.41, 5.74) is 0.207. The number of nitrogens with zero attached hydrogens (tertiary/aromatic N) is 2. The van der Waals surface area contributed by atoms with Crippen molar-refractivity contribution < 1.29 is 22.8 Å². The summed E-state index contributed by atoms with van der Waals surface area (Å²) in [6.07, 6.45) is 0. The Morgan fingerprint density at radius 2 is 1.74 bits per heavy atom. The van der Waals surface area contributed by atoms with E-state index in [2.05, 4.69) is 10.6 Å². The van der Waals surface area contributed by atoms with Gasteiger partial charge in [-0.3, -0.25) is 14.5 Å². The van der Waals surface area contributed by atoms with E-state index >= 15 is 0 Å². The van der Waals surface area contributed by atoms with E-state index in [0.717, 1.165) is 20.0 Å². The number of benzene rings is 3. The molecular formula is C25H26N4O5S. The molecule has 1 atom stereocenters. The number of carbonyl (C=O) groups excluding carboxylic acids is 3. The van der Waals surface area contributed by atoms with E-state index in [-0.39, 0.29) is 10.6 Å². The molecule has 3 aromatic rings. The quantitative estimate of drug-likeness (QED) is 0.511. The first-order valence-electron chi connectivity index (χ1n) is 10.9.